The molecule has 0 fully saturated rings. The van der Waals surface area contributed by atoms with Crippen LogP contribution < -0.4 is 16.2 Å². The lowest BCUT2D eigenvalue weighted by Crippen LogP contribution is -2.29. The van der Waals surface area contributed by atoms with Crippen molar-refractivity contribution >= 4 is 28.2 Å². The average molecular weight is 267 g/mol. The van der Waals surface area contributed by atoms with Gasteiger partial charge in [-0.2, -0.15) is 0 Å². The van der Waals surface area contributed by atoms with Crippen LogP contribution in [0, 0.1) is 6.92 Å². The number of aromatic nitrogens is 1. The number of pyridine rings is 1. The summed E-state index contributed by atoms with van der Waals surface area (Å²) >= 11 is 0. The fraction of sp³-hybridized carbons (Fsp3) is 0.375. The zero-order valence-electron chi connectivity index (χ0n) is 8.80. The van der Waals surface area contributed by atoms with Gasteiger partial charge in [0, 0.05) is 19.3 Å². The van der Waals surface area contributed by atoms with Gasteiger partial charge in [0.25, 0.3) is 0 Å². The number of anilines is 1. The van der Waals surface area contributed by atoms with Crippen molar-refractivity contribution in [2.45, 2.75) is 11.8 Å². The van der Waals surface area contributed by atoms with Gasteiger partial charge >= 0.3 is 0 Å². The fourth-order valence-electron chi connectivity index (χ4n) is 1.04. The predicted molar refractivity (Wildman–Crippen MR) is 64.9 cm³/mol. The van der Waals surface area contributed by atoms with Gasteiger partial charge in [-0.15, -0.1) is 12.4 Å². The first-order chi connectivity index (χ1) is 6.97. The minimum atomic E-state index is -3.59. The van der Waals surface area contributed by atoms with Crippen LogP contribution in [0.25, 0.3) is 0 Å². The summed E-state index contributed by atoms with van der Waals surface area (Å²) in [6.07, 6.45) is 1.51. The molecule has 16 heavy (non-hydrogen) atoms. The van der Waals surface area contributed by atoms with Crippen LogP contribution in [0.2, 0.25) is 0 Å². The third kappa shape index (κ3) is 3.60. The lowest BCUT2D eigenvalue weighted by molar-refractivity contribution is 0.582. The number of nitrogens with zero attached hydrogens (tertiary/aromatic N) is 1. The average Bonchev–Trinajstić information content (AvgIpc) is 2.18. The Kier molecular flexibility index (Phi) is 5.66. The van der Waals surface area contributed by atoms with E-state index >= 15 is 0 Å². The first kappa shape index (κ1) is 15.1. The first-order valence-electron chi connectivity index (χ1n) is 4.39. The van der Waals surface area contributed by atoms with Crippen molar-refractivity contribution in [1.82, 2.24) is 9.71 Å². The Morgan fingerprint density at radius 1 is 1.50 bits per heavy atom. The Morgan fingerprint density at radius 3 is 2.69 bits per heavy atom. The van der Waals surface area contributed by atoms with E-state index in [9.17, 15) is 8.42 Å². The third-order valence-corrected chi connectivity index (χ3v) is 3.23. The standard InChI is InChI=1S/C8H14N4O2S.ClH/c1-6-4-7(8(10)11-5-6)15(13,14)12-3-2-9;/h4-5,12H,2-3,9H2,1H3,(H2,10,11);1H. The van der Waals surface area contributed by atoms with Crippen molar-refractivity contribution in [3.05, 3.63) is 17.8 Å². The van der Waals surface area contributed by atoms with E-state index in [1.807, 2.05) is 0 Å². The van der Waals surface area contributed by atoms with Gasteiger partial charge in [0.15, 0.2) is 0 Å². The Balaban J connectivity index is 0.00000225. The molecular formula is C8H15ClN4O2S. The van der Waals surface area contributed by atoms with E-state index in [0.717, 1.165) is 5.56 Å². The van der Waals surface area contributed by atoms with Gasteiger partial charge in [-0.3, -0.25) is 0 Å². The highest BCUT2D eigenvalue weighted by atomic mass is 35.5. The fourth-order valence-corrected chi connectivity index (χ4v) is 2.25. The molecule has 0 aliphatic carbocycles. The molecule has 8 heteroatoms. The molecule has 5 N–H and O–H groups in total. The molecule has 92 valence electrons. The summed E-state index contributed by atoms with van der Waals surface area (Å²) < 4.78 is 25.7. The van der Waals surface area contributed by atoms with Crippen LogP contribution in [0.5, 0.6) is 0 Å². The highest BCUT2D eigenvalue weighted by Gasteiger charge is 2.17. The van der Waals surface area contributed by atoms with Gasteiger partial charge in [-0.05, 0) is 18.6 Å². The SMILES string of the molecule is Cc1cnc(N)c(S(=O)(=O)NCCN)c1.Cl. The van der Waals surface area contributed by atoms with Crippen molar-refractivity contribution in [3.8, 4) is 0 Å². The summed E-state index contributed by atoms with van der Waals surface area (Å²) in [5.74, 6) is -0.00915. The Hall–Kier alpha value is -0.890. The van der Waals surface area contributed by atoms with Crippen LogP contribution in [0.3, 0.4) is 0 Å². The molecule has 0 saturated carbocycles. The number of nitrogens with two attached hydrogens (primary N) is 2. The smallest absolute Gasteiger partial charge is 0.244 e. The molecule has 0 atom stereocenters. The van der Waals surface area contributed by atoms with Crippen molar-refractivity contribution in [2.75, 3.05) is 18.8 Å². The van der Waals surface area contributed by atoms with E-state index < -0.39 is 10.0 Å². The molecule has 1 heterocycles. The number of aryl methyl sites for hydroxylation is 1. The summed E-state index contributed by atoms with van der Waals surface area (Å²) in [6, 6.07) is 1.47. The number of hydrogen-bond donors (Lipinski definition) is 3. The van der Waals surface area contributed by atoms with Crippen molar-refractivity contribution in [3.63, 3.8) is 0 Å². The Bertz CT molecular complexity index is 449. The first-order valence-corrected chi connectivity index (χ1v) is 5.87. The largest absolute Gasteiger partial charge is 0.383 e. The number of nitrogens with one attached hydrogen (secondary N) is 1. The molecule has 1 aromatic rings. The van der Waals surface area contributed by atoms with Gasteiger partial charge in [-0.1, -0.05) is 0 Å². The van der Waals surface area contributed by atoms with Gasteiger partial charge in [0.05, 0.1) is 0 Å². The van der Waals surface area contributed by atoms with Crippen molar-refractivity contribution < 1.29 is 8.42 Å². The predicted octanol–water partition coefficient (Wildman–Crippen LogP) is -0.369. The van der Waals surface area contributed by atoms with Crippen LogP contribution in [0.4, 0.5) is 5.82 Å². The summed E-state index contributed by atoms with van der Waals surface area (Å²) in [7, 11) is -3.59. The molecular weight excluding hydrogens is 252 g/mol. The second-order valence-corrected chi connectivity index (χ2v) is 4.82. The second kappa shape index (κ2) is 6.00. The second-order valence-electron chi connectivity index (χ2n) is 3.08. The maximum Gasteiger partial charge on any atom is 0.244 e. The highest BCUT2D eigenvalue weighted by molar-refractivity contribution is 7.89. The Labute approximate surface area is 101 Å². The molecule has 0 aromatic carbocycles. The summed E-state index contributed by atoms with van der Waals surface area (Å²) in [5.41, 5.74) is 11.4. The van der Waals surface area contributed by atoms with Crippen molar-refractivity contribution in [1.29, 1.82) is 0 Å². The molecule has 0 radical (unpaired) electrons. The molecule has 0 unspecified atom stereocenters. The highest BCUT2D eigenvalue weighted by Crippen LogP contribution is 2.16. The number of halogens is 1. The van der Waals surface area contributed by atoms with Gasteiger partial charge in [0.1, 0.15) is 10.7 Å². The van der Waals surface area contributed by atoms with E-state index in [2.05, 4.69) is 9.71 Å². The van der Waals surface area contributed by atoms with Crippen LogP contribution in [0.15, 0.2) is 17.2 Å². The van der Waals surface area contributed by atoms with Crippen molar-refractivity contribution in [2.24, 2.45) is 5.73 Å². The van der Waals surface area contributed by atoms with Crippen LogP contribution in [0.1, 0.15) is 5.56 Å². The molecule has 6 nitrogen and oxygen atoms in total. The summed E-state index contributed by atoms with van der Waals surface area (Å²) in [6.45, 7) is 2.16. The number of sulfonamides is 1. The number of rotatable bonds is 4. The normalized spacial score (nSPS) is 10.9. The van der Waals surface area contributed by atoms with Gasteiger partial charge in [-0.25, -0.2) is 18.1 Å². The van der Waals surface area contributed by atoms with Crippen LogP contribution >= 0.6 is 12.4 Å². The summed E-state index contributed by atoms with van der Waals surface area (Å²) in [4.78, 5) is 3.78. The number of hydrogen-bond acceptors (Lipinski definition) is 5. The monoisotopic (exact) mass is 266 g/mol. The molecule has 0 bridgehead atoms. The molecule has 0 aliphatic heterocycles. The van der Waals surface area contributed by atoms with E-state index in [4.69, 9.17) is 11.5 Å². The minimum absolute atomic E-state index is 0. The summed E-state index contributed by atoms with van der Waals surface area (Å²) in [5, 5.41) is 0. The molecule has 0 spiro atoms. The van der Waals surface area contributed by atoms with Gasteiger partial charge < -0.3 is 11.5 Å². The topological polar surface area (TPSA) is 111 Å². The van der Waals surface area contributed by atoms with Gasteiger partial charge in [0.2, 0.25) is 10.0 Å². The number of nitrogen functional groups attached to an aromatic ring is 1. The lowest BCUT2D eigenvalue weighted by Gasteiger charge is -2.07. The molecule has 1 aromatic heterocycles. The zero-order valence-corrected chi connectivity index (χ0v) is 10.4. The molecule has 1 rings (SSSR count). The third-order valence-electron chi connectivity index (χ3n) is 1.74. The molecule has 0 aliphatic rings. The Morgan fingerprint density at radius 2 is 2.12 bits per heavy atom. The van der Waals surface area contributed by atoms with Crippen LogP contribution in [-0.2, 0) is 10.0 Å². The quantitative estimate of drug-likeness (QED) is 0.689. The maximum atomic E-state index is 11.7. The van der Waals surface area contributed by atoms with Crippen LogP contribution in [-0.4, -0.2) is 26.5 Å². The maximum absolute atomic E-state index is 11.7. The van der Waals surface area contributed by atoms with E-state index in [0.29, 0.717) is 0 Å². The molecule has 0 amide bonds. The van der Waals surface area contributed by atoms with E-state index in [1.54, 1.807) is 6.92 Å². The minimum Gasteiger partial charge on any atom is -0.383 e. The van der Waals surface area contributed by atoms with E-state index in [-0.39, 0.29) is 36.2 Å². The lowest BCUT2D eigenvalue weighted by atomic mass is 10.3. The van der Waals surface area contributed by atoms with E-state index in [1.165, 1.54) is 12.3 Å². The molecule has 0 saturated heterocycles. The zero-order chi connectivity index (χ0) is 11.5.